The van der Waals surface area contributed by atoms with Crippen molar-refractivity contribution in [3.8, 4) is 0 Å². The van der Waals surface area contributed by atoms with Crippen LogP contribution in [0.2, 0.25) is 0 Å². The Hall–Kier alpha value is -2.81. The largest absolute Gasteiger partial charge is 0.410 e. The zero-order valence-corrected chi connectivity index (χ0v) is 18.2. The summed E-state index contributed by atoms with van der Waals surface area (Å²) < 4.78 is 43.1. The van der Waals surface area contributed by atoms with Gasteiger partial charge in [0.1, 0.15) is 11.4 Å². The summed E-state index contributed by atoms with van der Waals surface area (Å²) in [6, 6.07) is 12.3. The molecule has 0 saturated carbocycles. The van der Waals surface area contributed by atoms with Gasteiger partial charge < -0.3 is 10.6 Å². The van der Waals surface area contributed by atoms with E-state index in [-0.39, 0.29) is 24.3 Å². The van der Waals surface area contributed by atoms with Crippen LogP contribution in [0.1, 0.15) is 45.6 Å². The molecule has 31 heavy (non-hydrogen) atoms. The number of halogens is 4. The molecule has 2 aromatic carbocycles. The van der Waals surface area contributed by atoms with Crippen molar-refractivity contribution in [2.24, 2.45) is 0 Å². The number of hydrogen-bond acceptors (Lipinski definition) is 3. The van der Waals surface area contributed by atoms with Gasteiger partial charge >= 0.3 is 6.18 Å². The Labute approximate surface area is 185 Å². The van der Waals surface area contributed by atoms with E-state index in [0.29, 0.717) is 5.56 Å². The number of nitrogens with zero attached hydrogens (tertiary/aromatic N) is 2. The second-order valence-electron chi connectivity index (χ2n) is 7.56. The van der Waals surface area contributed by atoms with Gasteiger partial charge in [0.25, 0.3) is 5.91 Å². The molecule has 0 saturated heterocycles. The van der Waals surface area contributed by atoms with Crippen LogP contribution in [0.3, 0.4) is 0 Å². The fourth-order valence-corrected chi connectivity index (χ4v) is 3.89. The lowest BCUT2D eigenvalue weighted by atomic mass is 9.96. The highest BCUT2D eigenvalue weighted by Gasteiger charge is 2.47. The predicted molar refractivity (Wildman–Crippen MR) is 115 cm³/mol. The van der Waals surface area contributed by atoms with Crippen LogP contribution in [0.15, 0.2) is 59.2 Å². The molecular formula is C22H20BrF3N4O. The average molecular weight is 493 g/mol. The molecule has 5 nitrogen and oxygen atoms in total. The van der Waals surface area contributed by atoms with E-state index in [1.54, 1.807) is 24.3 Å². The Kier molecular flexibility index (Phi) is 5.79. The van der Waals surface area contributed by atoms with Crippen LogP contribution in [0.5, 0.6) is 0 Å². The van der Waals surface area contributed by atoms with Crippen molar-refractivity contribution >= 4 is 27.7 Å². The molecule has 0 fully saturated rings. The lowest BCUT2D eigenvalue weighted by Gasteiger charge is -2.34. The third kappa shape index (κ3) is 4.61. The monoisotopic (exact) mass is 492 g/mol. The molecule has 1 amide bonds. The van der Waals surface area contributed by atoms with Crippen molar-refractivity contribution in [3.05, 3.63) is 81.5 Å². The Bertz CT molecular complexity index is 1080. The number of amides is 1. The van der Waals surface area contributed by atoms with Crippen LogP contribution in [-0.2, 0) is 6.54 Å². The number of rotatable bonds is 4. The molecule has 3 aromatic rings. The van der Waals surface area contributed by atoms with Gasteiger partial charge in [-0.05, 0) is 30.2 Å². The number of benzene rings is 2. The number of nitrogens with one attached hydrogen (secondary N) is 2. The molecule has 0 unspecified atom stereocenters. The van der Waals surface area contributed by atoms with Gasteiger partial charge in [0.2, 0.25) is 0 Å². The minimum absolute atomic E-state index is 0.0721. The Balaban J connectivity index is 1.60. The topological polar surface area (TPSA) is 59.0 Å². The maximum Gasteiger partial charge on any atom is 0.410 e. The molecule has 4 rings (SSSR count). The first-order valence-electron chi connectivity index (χ1n) is 9.72. The highest BCUT2D eigenvalue weighted by molar-refractivity contribution is 9.10. The lowest BCUT2D eigenvalue weighted by Crippen LogP contribution is -2.36. The molecule has 1 aromatic heterocycles. The van der Waals surface area contributed by atoms with E-state index in [4.69, 9.17) is 0 Å². The van der Waals surface area contributed by atoms with Crippen molar-refractivity contribution in [1.29, 1.82) is 0 Å². The van der Waals surface area contributed by atoms with Crippen molar-refractivity contribution < 1.29 is 18.0 Å². The number of aryl methyl sites for hydroxylation is 1. The second kappa shape index (κ2) is 8.37. The first kappa shape index (κ1) is 21.4. The number of hydrogen-bond donors (Lipinski definition) is 2. The van der Waals surface area contributed by atoms with E-state index >= 15 is 0 Å². The summed E-state index contributed by atoms with van der Waals surface area (Å²) in [5, 5.41) is 9.76. The van der Waals surface area contributed by atoms with Crippen LogP contribution in [-0.4, -0.2) is 21.9 Å². The summed E-state index contributed by atoms with van der Waals surface area (Å²) in [7, 11) is 0. The van der Waals surface area contributed by atoms with Crippen LogP contribution in [0, 0.1) is 6.92 Å². The number of anilines is 1. The van der Waals surface area contributed by atoms with Gasteiger partial charge in [-0.3, -0.25) is 4.79 Å². The standard InChI is InChI=1S/C22H20BrF3N4O/c1-13-2-4-14(5-3-13)11-27-21(31)17-12-28-30-19(22(24,25)26)10-18(29-20(17)30)15-6-8-16(23)9-7-15/h2-9,12,18-19,29H,10-11H2,1H3,(H,27,31)/t18-,19+/m1/s1. The van der Waals surface area contributed by atoms with Gasteiger partial charge in [0.05, 0.1) is 12.2 Å². The van der Waals surface area contributed by atoms with Gasteiger partial charge in [-0.2, -0.15) is 18.3 Å². The molecule has 0 bridgehead atoms. The summed E-state index contributed by atoms with van der Waals surface area (Å²) in [4.78, 5) is 12.8. The fraction of sp³-hybridized carbons (Fsp3) is 0.273. The van der Waals surface area contributed by atoms with Crippen LogP contribution >= 0.6 is 15.9 Å². The summed E-state index contributed by atoms with van der Waals surface area (Å²) in [6.07, 6.45) is -3.52. The third-order valence-corrected chi connectivity index (χ3v) is 5.86. The van der Waals surface area contributed by atoms with Gasteiger partial charge in [-0.15, -0.1) is 0 Å². The molecule has 2 atom stereocenters. The summed E-state index contributed by atoms with van der Waals surface area (Å²) in [5.74, 6) is -0.408. The number of aromatic nitrogens is 2. The van der Waals surface area contributed by atoms with E-state index in [1.165, 1.54) is 6.20 Å². The summed E-state index contributed by atoms with van der Waals surface area (Å²) in [6.45, 7) is 2.23. The van der Waals surface area contributed by atoms with Gasteiger partial charge in [-0.1, -0.05) is 57.9 Å². The molecule has 2 heterocycles. The molecule has 0 aliphatic carbocycles. The van der Waals surface area contributed by atoms with E-state index in [2.05, 4.69) is 31.7 Å². The fourth-order valence-electron chi connectivity index (χ4n) is 3.63. The molecule has 1 aliphatic rings. The van der Waals surface area contributed by atoms with E-state index < -0.39 is 24.2 Å². The molecule has 0 spiro atoms. The molecule has 2 N–H and O–H groups in total. The van der Waals surface area contributed by atoms with Crippen molar-refractivity contribution in [2.75, 3.05) is 5.32 Å². The first-order valence-corrected chi connectivity index (χ1v) is 10.5. The van der Waals surface area contributed by atoms with E-state index in [0.717, 1.165) is 20.3 Å². The molecular weight excluding hydrogens is 473 g/mol. The normalized spacial score (nSPS) is 18.2. The zero-order chi connectivity index (χ0) is 22.2. The Morgan fingerprint density at radius 2 is 1.87 bits per heavy atom. The minimum Gasteiger partial charge on any atom is -0.363 e. The SMILES string of the molecule is Cc1ccc(CNC(=O)c2cnn3c2N[C@@H](c2ccc(Br)cc2)C[C@H]3C(F)(F)F)cc1. The van der Waals surface area contributed by atoms with Crippen molar-refractivity contribution in [3.63, 3.8) is 0 Å². The molecule has 162 valence electrons. The highest BCUT2D eigenvalue weighted by atomic mass is 79.9. The number of carbonyl (C=O) groups excluding carboxylic acids is 1. The van der Waals surface area contributed by atoms with Crippen LogP contribution in [0.4, 0.5) is 19.0 Å². The lowest BCUT2D eigenvalue weighted by molar-refractivity contribution is -0.173. The second-order valence-corrected chi connectivity index (χ2v) is 8.48. The van der Waals surface area contributed by atoms with E-state index in [1.807, 2.05) is 31.2 Å². The average Bonchev–Trinajstić information content (AvgIpc) is 3.16. The quantitative estimate of drug-likeness (QED) is 0.502. The van der Waals surface area contributed by atoms with Gasteiger partial charge in [0.15, 0.2) is 6.04 Å². The maximum atomic E-state index is 13.8. The van der Waals surface area contributed by atoms with Crippen molar-refractivity contribution in [1.82, 2.24) is 15.1 Å². The Morgan fingerprint density at radius 3 is 2.52 bits per heavy atom. The number of alkyl halides is 3. The zero-order valence-electron chi connectivity index (χ0n) is 16.6. The molecule has 9 heteroatoms. The number of fused-ring (bicyclic) bond motifs is 1. The predicted octanol–water partition coefficient (Wildman–Crippen LogP) is 5.54. The third-order valence-electron chi connectivity index (χ3n) is 5.33. The maximum absolute atomic E-state index is 13.8. The first-order chi connectivity index (χ1) is 14.7. The van der Waals surface area contributed by atoms with Crippen molar-refractivity contribution in [2.45, 2.75) is 38.1 Å². The van der Waals surface area contributed by atoms with Gasteiger partial charge in [0, 0.05) is 17.4 Å². The number of carbonyl (C=O) groups is 1. The molecule has 0 radical (unpaired) electrons. The minimum atomic E-state index is -4.49. The van der Waals surface area contributed by atoms with Crippen LogP contribution < -0.4 is 10.6 Å². The highest BCUT2D eigenvalue weighted by Crippen LogP contribution is 2.44. The van der Waals surface area contributed by atoms with E-state index in [9.17, 15) is 18.0 Å². The van der Waals surface area contributed by atoms with Gasteiger partial charge in [-0.25, -0.2) is 4.68 Å². The Morgan fingerprint density at radius 1 is 1.19 bits per heavy atom. The smallest absolute Gasteiger partial charge is 0.363 e. The van der Waals surface area contributed by atoms with Crippen LogP contribution in [0.25, 0.3) is 0 Å². The summed E-state index contributed by atoms with van der Waals surface area (Å²) in [5.41, 5.74) is 2.79. The molecule has 1 aliphatic heterocycles. The summed E-state index contributed by atoms with van der Waals surface area (Å²) >= 11 is 3.34.